The van der Waals surface area contributed by atoms with Crippen LogP contribution in [0.4, 0.5) is 5.82 Å². The first-order valence-corrected chi connectivity index (χ1v) is 13.0. The first kappa shape index (κ1) is 36.0. The summed E-state index contributed by atoms with van der Waals surface area (Å²) in [6, 6.07) is 12.3. The molecule has 3 rings (SSSR count). The zero-order valence-corrected chi connectivity index (χ0v) is 25.0. The lowest BCUT2D eigenvalue weighted by Gasteiger charge is -2.27. The molecule has 0 radical (unpaired) electrons. The Labute approximate surface area is 240 Å². The largest absolute Gasteiger partial charge is 0.501 e. The minimum Gasteiger partial charge on any atom is -0.501 e. The molecule has 0 spiro atoms. The lowest BCUT2D eigenvalue weighted by Crippen LogP contribution is -2.42. The zero-order chi connectivity index (χ0) is 30.0. The molecular weight excluding hydrogens is 506 g/mol. The topological polar surface area (TPSA) is 97.3 Å². The van der Waals surface area contributed by atoms with E-state index in [9.17, 15) is 0 Å². The third-order valence-electron chi connectivity index (χ3n) is 5.40. The van der Waals surface area contributed by atoms with Crippen molar-refractivity contribution in [1.82, 2.24) is 20.5 Å². The Morgan fingerprint density at radius 1 is 1.18 bits per heavy atom. The van der Waals surface area contributed by atoms with Gasteiger partial charge in [0.15, 0.2) is 11.6 Å². The number of methoxy groups -OCH3 is 2. The highest BCUT2D eigenvalue weighted by Gasteiger charge is 2.10. The number of pyridine rings is 1. The van der Waals surface area contributed by atoms with Crippen LogP contribution in [-0.2, 0) is 27.4 Å². The molecule has 0 aliphatic carbocycles. The quantitative estimate of drug-likeness (QED) is 0.184. The van der Waals surface area contributed by atoms with Gasteiger partial charge in [-0.1, -0.05) is 48.6 Å². The Balaban J connectivity index is 0.000000734. The van der Waals surface area contributed by atoms with Gasteiger partial charge in [0.1, 0.15) is 18.6 Å². The fraction of sp³-hybridized carbons (Fsp3) is 0.387. The van der Waals surface area contributed by atoms with E-state index >= 15 is 0 Å². The number of aromatic nitrogens is 1. The second-order valence-electron chi connectivity index (χ2n) is 8.43. The molecule has 40 heavy (non-hydrogen) atoms. The first-order valence-electron chi connectivity index (χ1n) is 13.0. The van der Waals surface area contributed by atoms with Crippen LogP contribution in [-0.4, -0.2) is 70.5 Å². The lowest BCUT2D eigenvalue weighted by atomic mass is 10.1. The number of ether oxygens (including phenoxy) is 3. The number of carbonyl (C=O) groups excluding carboxylic acids is 1. The van der Waals surface area contributed by atoms with Crippen LogP contribution in [0.5, 0.6) is 5.75 Å². The Morgan fingerprint density at radius 2 is 1.85 bits per heavy atom. The van der Waals surface area contributed by atoms with E-state index in [2.05, 4.69) is 67.8 Å². The molecule has 0 atom stereocenters. The number of carbonyl (C=O) groups is 1. The highest BCUT2D eigenvalue weighted by Crippen LogP contribution is 2.24. The first-order chi connectivity index (χ1) is 19.4. The van der Waals surface area contributed by atoms with Gasteiger partial charge in [0.05, 0.1) is 14.2 Å². The fourth-order valence-corrected chi connectivity index (χ4v) is 3.05. The maximum Gasteiger partial charge on any atom is 0.206 e. The van der Waals surface area contributed by atoms with E-state index in [0.717, 1.165) is 44.0 Å². The van der Waals surface area contributed by atoms with Crippen molar-refractivity contribution in [3.05, 3.63) is 90.0 Å². The summed E-state index contributed by atoms with van der Waals surface area (Å²) >= 11 is 0. The zero-order valence-electron chi connectivity index (χ0n) is 25.0. The lowest BCUT2D eigenvalue weighted by molar-refractivity contribution is -0.109. The van der Waals surface area contributed by atoms with E-state index in [1.54, 1.807) is 33.7 Å². The molecule has 220 valence electrons. The highest BCUT2D eigenvalue weighted by atomic mass is 16.5. The van der Waals surface area contributed by atoms with E-state index < -0.39 is 0 Å². The van der Waals surface area contributed by atoms with E-state index in [0.29, 0.717) is 24.6 Å². The molecule has 9 nitrogen and oxygen atoms in total. The van der Waals surface area contributed by atoms with Gasteiger partial charge >= 0.3 is 0 Å². The summed E-state index contributed by atoms with van der Waals surface area (Å²) in [5.41, 5.74) is 3.70. The average molecular weight is 554 g/mol. The number of hydrogen-bond donors (Lipinski definition) is 2. The van der Waals surface area contributed by atoms with E-state index in [1.165, 1.54) is 11.1 Å². The molecule has 0 saturated carbocycles. The van der Waals surface area contributed by atoms with Gasteiger partial charge in [-0.25, -0.2) is 9.98 Å². The van der Waals surface area contributed by atoms with Crippen LogP contribution >= 0.6 is 0 Å². The Morgan fingerprint density at radius 3 is 2.35 bits per heavy atom. The van der Waals surface area contributed by atoms with E-state index in [4.69, 9.17) is 14.3 Å². The minimum atomic E-state index is 0.504. The number of amides is 1. The van der Waals surface area contributed by atoms with Crippen LogP contribution < -0.4 is 15.4 Å². The van der Waals surface area contributed by atoms with Crippen LogP contribution in [0.3, 0.4) is 0 Å². The second-order valence-corrected chi connectivity index (χ2v) is 8.43. The van der Waals surface area contributed by atoms with Gasteiger partial charge in [-0.05, 0) is 50.7 Å². The summed E-state index contributed by atoms with van der Waals surface area (Å²) in [5, 5.41) is 5.63. The van der Waals surface area contributed by atoms with E-state index in [-0.39, 0.29) is 0 Å². The second kappa shape index (κ2) is 24.1. The molecule has 2 aromatic rings. The summed E-state index contributed by atoms with van der Waals surface area (Å²) in [4.78, 5) is 19.5. The summed E-state index contributed by atoms with van der Waals surface area (Å²) in [7, 11) is 4.75. The Hall–Kier alpha value is -3.95. The number of hydrogen-bond acceptors (Lipinski definition) is 8. The molecule has 0 bridgehead atoms. The molecular formula is C31H47N5O4. The molecule has 1 aromatic carbocycles. The molecule has 1 amide bonds. The molecule has 1 saturated heterocycles. The molecule has 1 fully saturated rings. The van der Waals surface area contributed by atoms with E-state index in [1.807, 2.05) is 45.1 Å². The smallest absolute Gasteiger partial charge is 0.206 e. The average Bonchev–Trinajstić information content (AvgIpc) is 3.01. The number of nitrogens with zero attached hydrogens (tertiary/aromatic N) is 3. The normalized spacial score (nSPS) is 12.9. The number of nitrogens with one attached hydrogen (secondary N) is 2. The summed E-state index contributed by atoms with van der Waals surface area (Å²) < 4.78 is 15.2. The number of allylic oxidation sites excluding steroid dienone is 4. The van der Waals surface area contributed by atoms with Crippen LogP contribution in [0.15, 0.2) is 83.9 Å². The van der Waals surface area contributed by atoms with Gasteiger partial charge < -0.3 is 24.8 Å². The van der Waals surface area contributed by atoms with Crippen molar-refractivity contribution in [2.24, 2.45) is 4.99 Å². The van der Waals surface area contributed by atoms with Crippen LogP contribution in [0.25, 0.3) is 0 Å². The van der Waals surface area contributed by atoms with Gasteiger partial charge in [0.2, 0.25) is 6.41 Å². The highest BCUT2D eigenvalue weighted by molar-refractivity contribution is 5.49. The predicted octanol–water partition coefficient (Wildman–Crippen LogP) is 5.04. The van der Waals surface area contributed by atoms with Gasteiger partial charge in [-0.15, -0.1) is 0 Å². The van der Waals surface area contributed by atoms with Crippen molar-refractivity contribution in [3.8, 4) is 5.75 Å². The predicted molar refractivity (Wildman–Crippen MR) is 165 cm³/mol. The SMILES string of the molecule is C=C/C(C)=C\C.C=Nc1ncccc1OCc1cccc(CN2CCNCC2)c1.CNC=O.CO/C=C(/C)OC. The minimum absolute atomic E-state index is 0.504. The van der Waals surface area contributed by atoms with Gasteiger partial charge in [-0.2, -0.15) is 0 Å². The maximum atomic E-state index is 9.06. The third kappa shape index (κ3) is 17.5. The number of benzene rings is 1. The molecule has 1 aromatic heterocycles. The maximum absolute atomic E-state index is 9.06. The summed E-state index contributed by atoms with van der Waals surface area (Å²) in [5.74, 6) is 1.97. The van der Waals surface area contributed by atoms with Crippen molar-refractivity contribution in [2.75, 3.05) is 47.4 Å². The number of aliphatic imine (C=N–C) groups is 1. The van der Waals surface area contributed by atoms with Crippen molar-refractivity contribution >= 4 is 18.9 Å². The molecule has 9 heteroatoms. The summed E-state index contributed by atoms with van der Waals surface area (Å²) in [6.45, 7) is 18.8. The van der Waals surface area contributed by atoms with Crippen LogP contribution in [0.2, 0.25) is 0 Å². The third-order valence-corrected chi connectivity index (χ3v) is 5.40. The molecule has 2 heterocycles. The van der Waals surface area contributed by atoms with Crippen LogP contribution in [0.1, 0.15) is 31.9 Å². The molecule has 0 unspecified atom stereocenters. The fourth-order valence-electron chi connectivity index (χ4n) is 3.05. The Bertz CT molecular complexity index is 1030. The van der Waals surface area contributed by atoms with Crippen molar-refractivity contribution < 1.29 is 19.0 Å². The molecule has 2 N–H and O–H groups in total. The van der Waals surface area contributed by atoms with Crippen molar-refractivity contribution in [1.29, 1.82) is 0 Å². The number of piperazine rings is 1. The van der Waals surface area contributed by atoms with Crippen LogP contribution in [0, 0.1) is 0 Å². The van der Waals surface area contributed by atoms with Gasteiger partial charge in [0.25, 0.3) is 0 Å². The van der Waals surface area contributed by atoms with Crippen molar-refractivity contribution in [2.45, 2.75) is 33.9 Å². The van der Waals surface area contributed by atoms with Crippen molar-refractivity contribution in [3.63, 3.8) is 0 Å². The van der Waals surface area contributed by atoms with Gasteiger partial charge in [0, 0.05) is 46.0 Å². The number of rotatable bonds is 10. The Kier molecular flexibility index (Phi) is 21.7. The monoisotopic (exact) mass is 553 g/mol. The van der Waals surface area contributed by atoms with Gasteiger partial charge in [-0.3, -0.25) is 9.69 Å². The molecule has 1 aliphatic heterocycles. The summed E-state index contributed by atoms with van der Waals surface area (Å²) in [6.07, 6.45) is 7.71. The standard InChI is InChI=1S/C18H22N4O.C6H10.C5H10O2.C2H5NO/c1-19-18-17(6-3-7-21-18)23-14-16-5-2-4-15(12-16)13-22-10-8-20-9-11-22;1-4-6(3)5-2;1-5(7-3)4-6-2;1-3-2-4/h2-7,12,20H,1,8-11,13-14H2;4-5H,1H2,2-3H3;4H,1-3H3;2H,1H3,(H,3,4)/b;6-5-;5-4-;. The molecule has 1 aliphatic rings.